The minimum atomic E-state index is -1.03. The Bertz CT molecular complexity index is 561. The molecule has 1 N–H and O–H groups in total. The summed E-state index contributed by atoms with van der Waals surface area (Å²) in [5, 5.41) is 19.6. The number of carboxylic acids is 1. The SMILES string of the molecule is CCCc1c(C(=O)O)nnn1Cc1csc(C)n1. The van der Waals surface area contributed by atoms with E-state index < -0.39 is 5.97 Å². The zero-order valence-corrected chi connectivity index (χ0v) is 11.1. The second-order valence-corrected chi connectivity index (χ2v) is 5.02. The van der Waals surface area contributed by atoms with Crippen molar-refractivity contribution in [1.82, 2.24) is 20.0 Å². The number of aryl methyl sites for hydroxylation is 1. The molecular weight excluding hydrogens is 252 g/mol. The molecule has 0 saturated heterocycles. The van der Waals surface area contributed by atoms with E-state index in [4.69, 9.17) is 5.11 Å². The summed E-state index contributed by atoms with van der Waals surface area (Å²) < 4.78 is 1.63. The Morgan fingerprint density at radius 2 is 2.33 bits per heavy atom. The van der Waals surface area contributed by atoms with Crippen LogP contribution in [0.15, 0.2) is 5.38 Å². The molecule has 0 amide bonds. The Kier molecular flexibility index (Phi) is 3.71. The fraction of sp³-hybridized carbons (Fsp3) is 0.455. The van der Waals surface area contributed by atoms with Gasteiger partial charge in [0, 0.05) is 5.38 Å². The molecule has 0 aliphatic heterocycles. The van der Waals surface area contributed by atoms with Crippen LogP contribution in [0.25, 0.3) is 0 Å². The van der Waals surface area contributed by atoms with Crippen molar-refractivity contribution < 1.29 is 9.90 Å². The van der Waals surface area contributed by atoms with E-state index in [1.54, 1.807) is 16.0 Å². The number of carboxylic acid groups (broad SMARTS) is 1. The van der Waals surface area contributed by atoms with Crippen LogP contribution in [0.2, 0.25) is 0 Å². The lowest BCUT2D eigenvalue weighted by atomic mass is 10.2. The van der Waals surface area contributed by atoms with Crippen LogP contribution in [-0.4, -0.2) is 31.1 Å². The first kappa shape index (κ1) is 12.7. The normalized spacial score (nSPS) is 10.8. The predicted molar refractivity (Wildman–Crippen MR) is 66.9 cm³/mol. The van der Waals surface area contributed by atoms with Crippen LogP contribution >= 0.6 is 11.3 Å². The zero-order valence-electron chi connectivity index (χ0n) is 10.3. The monoisotopic (exact) mass is 266 g/mol. The van der Waals surface area contributed by atoms with E-state index in [1.807, 2.05) is 19.2 Å². The summed E-state index contributed by atoms with van der Waals surface area (Å²) in [6.07, 6.45) is 1.50. The van der Waals surface area contributed by atoms with Crippen LogP contribution in [0.3, 0.4) is 0 Å². The quantitative estimate of drug-likeness (QED) is 0.891. The van der Waals surface area contributed by atoms with Gasteiger partial charge in [-0.15, -0.1) is 16.4 Å². The van der Waals surface area contributed by atoms with Crippen molar-refractivity contribution in [1.29, 1.82) is 0 Å². The molecule has 18 heavy (non-hydrogen) atoms. The lowest BCUT2D eigenvalue weighted by Gasteiger charge is -2.03. The predicted octanol–water partition coefficient (Wildman–Crippen LogP) is 1.74. The van der Waals surface area contributed by atoms with Gasteiger partial charge in [-0.05, 0) is 13.3 Å². The summed E-state index contributed by atoms with van der Waals surface area (Å²) >= 11 is 1.57. The molecule has 0 aliphatic carbocycles. The second kappa shape index (κ2) is 5.26. The van der Waals surface area contributed by atoms with Crippen molar-refractivity contribution in [2.24, 2.45) is 0 Å². The molecular formula is C11H14N4O2S. The standard InChI is InChI=1S/C11H14N4O2S/c1-3-4-9-10(11(16)17)13-14-15(9)5-8-6-18-7(2)12-8/h6H,3-5H2,1-2H3,(H,16,17). The third-order valence-corrected chi connectivity index (χ3v) is 3.33. The van der Waals surface area contributed by atoms with Gasteiger partial charge in [-0.3, -0.25) is 0 Å². The third-order valence-electron chi connectivity index (χ3n) is 2.51. The van der Waals surface area contributed by atoms with Gasteiger partial charge in [0.15, 0.2) is 5.69 Å². The molecule has 7 heteroatoms. The number of hydrogen-bond acceptors (Lipinski definition) is 5. The fourth-order valence-corrected chi connectivity index (χ4v) is 2.35. The molecule has 0 atom stereocenters. The Balaban J connectivity index is 2.29. The molecule has 0 unspecified atom stereocenters. The van der Waals surface area contributed by atoms with Crippen LogP contribution in [0.4, 0.5) is 0 Å². The largest absolute Gasteiger partial charge is 0.476 e. The molecule has 2 heterocycles. The van der Waals surface area contributed by atoms with Gasteiger partial charge in [0.25, 0.3) is 0 Å². The third kappa shape index (κ3) is 2.56. The van der Waals surface area contributed by atoms with Crippen LogP contribution in [0.5, 0.6) is 0 Å². The lowest BCUT2D eigenvalue weighted by molar-refractivity contribution is 0.0689. The first-order valence-corrected chi connectivity index (χ1v) is 6.56. The highest BCUT2D eigenvalue weighted by Crippen LogP contribution is 2.13. The lowest BCUT2D eigenvalue weighted by Crippen LogP contribution is -2.09. The smallest absolute Gasteiger partial charge is 0.358 e. The van der Waals surface area contributed by atoms with Crippen molar-refractivity contribution in [3.05, 3.63) is 27.5 Å². The highest BCUT2D eigenvalue weighted by molar-refractivity contribution is 7.09. The molecule has 0 fully saturated rings. The molecule has 0 bridgehead atoms. The topological polar surface area (TPSA) is 80.9 Å². The molecule has 2 aromatic rings. The van der Waals surface area contributed by atoms with E-state index in [0.29, 0.717) is 18.7 Å². The van der Waals surface area contributed by atoms with E-state index in [0.717, 1.165) is 17.1 Å². The van der Waals surface area contributed by atoms with Crippen LogP contribution < -0.4 is 0 Å². The van der Waals surface area contributed by atoms with Crippen molar-refractivity contribution >= 4 is 17.3 Å². The summed E-state index contributed by atoms with van der Waals surface area (Å²) in [6, 6.07) is 0. The maximum Gasteiger partial charge on any atom is 0.358 e. The number of rotatable bonds is 5. The van der Waals surface area contributed by atoms with Crippen LogP contribution in [-0.2, 0) is 13.0 Å². The number of hydrogen-bond donors (Lipinski definition) is 1. The van der Waals surface area contributed by atoms with E-state index in [2.05, 4.69) is 15.3 Å². The first-order valence-electron chi connectivity index (χ1n) is 5.68. The van der Waals surface area contributed by atoms with Gasteiger partial charge in [0.05, 0.1) is 22.9 Å². The maximum absolute atomic E-state index is 11.0. The van der Waals surface area contributed by atoms with Crippen molar-refractivity contribution in [3.8, 4) is 0 Å². The average Bonchev–Trinajstić information content (AvgIpc) is 2.88. The first-order chi connectivity index (χ1) is 8.61. The summed E-state index contributed by atoms with van der Waals surface area (Å²) in [6.45, 7) is 4.40. The summed E-state index contributed by atoms with van der Waals surface area (Å²) in [7, 11) is 0. The van der Waals surface area contributed by atoms with Crippen molar-refractivity contribution in [2.75, 3.05) is 0 Å². The van der Waals surface area contributed by atoms with Crippen LogP contribution in [0.1, 0.15) is 40.2 Å². The van der Waals surface area contributed by atoms with Gasteiger partial charge in [0.1, 0.15) is 0 Å². The molecule has 0 saturated carbocycles. The molecule has 0 spiro atoms. The highest BCUT2D eigenvalue weighted by atomic mass is 32.1. The molecule has 0 aliphatic rings. The van der Waals surface area contributed by atoms with Crippen LogP contribution in [0, 0.1) is 6.92 Å². The van der Waals surface area contributed by atoms with E-state index in [1.165, 1.54) is 0 Å². The Hall–Kier alpha value is -1.76. The highest BCUT2D eigenvalue weighted by Gasteiger charge is 2.18. The van der Waals surface area contributed by atoms with Crippen molar-refractivity contribution in [2.45, 2.75) is 33.2 Å². The minimum absolute atomic E-state index is 0.0452. The number of aromatic nitrogens is 4. The maximum atomic E-state index is 11.0. The van der Waals surface area contributed by atoms with Gasteiger partial charge in [-0.2, -0.15) is 0 Å². The number of thiazole rings is 1. The molecule has 2 aromatic heterocycles. The van der Waals surface area contributed by atoms with Gasteiger partial charge < -0.3 is 5.11 Å². The summed E-state index contributed by atoms with van der Waals surface area (Å²) in [4.78, 5) is 15.4. The molecule has 0 aromatic carbocycles. The van der Waals surface area contributed by atoms with E-state index in [-0.39, 0.29) is 5.69 Å². The van der Waals surface area contributed by atoms with Gasteiger partial charge >= 0.3 is 5.97 Å². The van der Waals surface area contributed by atoms with Gasteiger partial charge in [0.2, 0.25) is 0 Å². The van der Waals surface area contributed by atoms with E-state index >= 15 is 0 Å². The molecule has 2 rings (SSSR count). The van der Waals surface area contributed by atoms with Gasteiger partial charge in [-0.1, -0.05) is 18.6 Å². The Morgan fingerprint density at radius 3 is 2.89 bits per heavy atom. The van der Waals surface area contributed by atoms with E-state index in [9.17, 15) is 4.79 Å². The minimum Gasteiger partial charge on any atom is -0.476 e. The average molecular weight is 266 g/mol. The zero-order chi connectivity index (χ0) is 13.1. The number of aromatic carboxylic acids is 1. The fourth-order valence-electron chi connectivity index (χ4n) is 1.74. The Morgan fingerprint density at radius 1 is 1.56 bits per heavy atom. The van der Waals surface area contributed by atoms with Gasteiger partial charge in [-0.25, -0.2) is 14.5 Å². The molecule has 0 radical (unpaired) electrons. The molecule has 96 valence electrons. The summed E-state index contributed by atoms with van der Waals surface area (Å²) in [5.74, 6) is -1.03. The molecule has 6 nitrogen and oxygen atoms in total. The van der Waals surface area contributed by atoms with Crippen molar-refractivity contribution in [3.63, 3.8) is 0 Å². The number of nitrogens with zero attached hydrogens (tertiary/aromatic N) is 4. The Labute approximate surface area is 108 Å². The summed E-state index contributed by atoms with van der Waals surface area (Å²) in [5.41, 5.74) is 1.59. The second-order valence-electron chi connectivity index (χ2n) is 3.96. The number of carbonyl (C=O) groups is 1.